The third-order valence-electron chi connectivity index (χ3n) is 11.6. The van der Waals surface area contributed by atoms with Crippen molar-refractivity contribution in [2.45, 2.75) is 112 Å². The van der Waals surface area contributed by atoms with Crippen molar-refractivity contribution in [3.8, 4) is 16.5 Å². The molecule has 0 bridgehead atoms. The number of carbonyl (C=O) groups is 4. The first-order valence-electron chi connectivity index (χ1n) is 20.4. The van der Waals surface area contributed by atoms with Gasteiger partial charge in [-0.3, -0.25) is 14.4 Å². The maximum Gasteiger partial charge on any atom is 0.408 e. The zero-order chi connectivity index (χ0) is 41.1. The van der Waals surface area contributed by atoms with Crippen LogP contribution >= 0.6 is 11.3 Å². The fourth-order valence-electron chi connectivity index (χ4n) is 8.29. The highest BCUT2D eigenvalue weighted by atomic mass is 32.2. The van der Waals surface area contributed by atoms with Gasteiger partial charge in [0.1, 0.15) is 35.5 Å². The third-order valence-corrected chi connectivity index (χ3v) is 13.9. The number of carbonyl (C=O) groups excluding carboxylic acids is 4. The summed E-state index contributed by atoms with van der Waals surface area (Å²) in [6, 6.07) is 15.2. The Morgan fingerprint density at radius 1 is 0.915 bits per heavy atom. The summed E-state index contributed by atoms with van der Waals surface area (Å²) in [6.07, 6.45) is 8.99. The van der Waals surface area contributed by atoms with Gasteiger partial charge >= 0.3 is 6.09 Å². The van der Waals surface area contributed by atoms with Crippen LogP contribution in [0.5, 0.6) is 5.88 Å². The van der Waals surface area contributed by atoms with Crippen LogP contribution in [0.1, 0.15) is 76.2 Å². The van der Waals surface area contributed by atoms with Gasteiger partial charge in [-0.2, -0.15) is 0 Å². The summed E-state index contributed by atoms with van der Waals surface area (Å²) >= 11 is 1.47. The largest absolute Gasteiger partial charge is 0.471 e. The van der Waals surface area contributed by atoms with Crippen molar-refractivity contribution in [2.75, 3.05) is 6.54 Å². The average Bonchev–Trinajstić information content (AvgIpc) is 3.71. The lowest BCUT2D eigenvalue weighted by Crippen LogP contribution is -2.58. The van der Waals surface area contributed by atoms with E-state index in [2.05, 4.69) is 15.4 Å². The number of nitrogens with zero attached hydrogens (tertiary/aromatic N) is 3. The number of benzene rings is 2. The Bertz CT molecular complexity index is 2350. The Morgan fingerprint density at radius 3 is 2.41 bits per heavy atom. The maximum atomic E-state index is 14.7. The fourth-order valence-corrected chi connectivity index (χ4v) is 10.0. The summed E-state index contributed by atoms with van der Waals surface area (Å²) in [7, 11) is -4.28. The first-order chi connectivity index (χ1) is 28.5. The van der Waals surface area contributed by atoms with E-state index in [9.17, 15) is 27.6 Å². The van der Waals surface area contributed by atoms with Crippen LogP contribution in [0.3, 0.4) is 0 Å². The number of aryl methyl sites for hydroxylation is 1. The highest BCUT2D eigenvalue weighted by molar-refractivity contribution is 7.90. The molecule has 2 saturated carbocycles. The Kier molecular flexibility index (Phi) is 11.7. The molecule has 2 aromatic heterocycles. The molecule has 5 atom stereocenters. The van der Waals surface area contributed by atoms with Crippen molar-refractivity contribution in [2.24, 2.45) is 5.92 Å². The summed E-state index contributed by atoms with van der Waals surface area (Å²) in [5.74, 6) is -2.23. The number of sulfonamides is 1. The van der Waals surface area contributed by atoms with Crippen LogP contribution in [0.2, 0.25) is 0 Å². The van der Waals surface area contributed by atoms with E-state index in [4.69, 9.17) is 19.4 Å². The van der Waals surface area contributed by atoms with Crippen molar-refractivity contribution >= 4 is 56.2 Å². The van der Waals surface area contributed by atoms with Crippen LogP contribution in [-0.4, -0.2) is 83.5 Å². The monoisotopic (exact) mass is 840 g/mol. The van der Waals surface area contributed by atoms with Gasteiger partial charge in [0.15, 0.2) is 0 Å². The second-order valence-corrected chi connectivity index (χ2v) is 18.5. The minimum Gasteiger partial charge on any atom is -0.471 e. The number of amides is 4. The molecule has 3 N–H and O–H groups in total. The van der Waals surface area contributed by atoms with Gasteiger partial charge in [-0.05, 0) is 94.0 Å². The van der Waals surface area contributed by atoms with E-state index < -0.39 is 63.5 Å². The molecular formula is C43H48N6O8S2. The molecule has 4 heterocycles. The maximum absolute atomic E-state index is 14.7. The average molecular weight is 841 g/mol. The molecular weight excluding hydrogens is 793 g/mol. The number of para-hydroxylation sites is 2. The number of allylic oxidation sites excluding steroid dienone is 1. The van der Waals surface area contributed by atoms with Crippen LogP contribution in [0, 0.1) is 12.8 Å². The smallest absolute Gasteiger partial charge is 0.408 e. The van der Waals surface area contributed by atoms with E-state index in [1.54, 1.807) is 12.1 Å². The van der Waals surface area contributed by atoms with E-state index >= 15 is 0 Å². The molecule has 59 heavy (non-hydrogen) atoms. The van der Waals surface area contributed by atoms with Gasteiger partial charge in [0.25, 0.3) is 15.9 Å². The molecule has 4 aromatic rings. The summed E-state index contributed by atoms with van der Waals surface area (Å²) in [5.41, 5.74) is 1.07. The molecule has 310 valence electrons. The summed E-state index contributed by atoms with van der Waals surface area (Å²) in [5, 5.41) is 7.65. The lowest BCUT2D eigenvalue weighted by Gasteiger charge is -2.30. The molecule has 1 unspecified atom stereocenters. The van der Waals surface area contributed by atoms with Crippen molar-refractivity contribution in [1.82, 2.24) is 30.2 Å². The SMILES string of the molecule is Cc1ccc(S(=O)(=O)NC(=O)[C@@]23CC2/C=C/CCCCC[C@@H](NC(=O)OC2CCCC2)C(=O)N2C[C@H](Oc4nc5ccccc5nc4-c4cccs4)C[C@H]2C(=O)N3)cc1. The van der Waals surface area contributed by atoms with Crippen LogP contribution in [-0.2, 0) is 29.1 Å². The predicted octanol–water partition coefficient (Wildman–Crippen LogP) is 5.95. The lowest BCUT2D eigenvalue weighted by atomic mass is 10.0. The predicted molar refractivity (Wildman–Crippen MR) is 221 cm³/mol. The molecule has 8 rings (SSSR count). The standard InChI is InChI=1S/C43H48N6O8S2/c1-27-19-21-31(22-20-27)59(54,55)48-41(52)43-25-28(43)12-5-3-2-4-6-17-34(46-42(53)57-29-13-7-8-14-29)40(51)49-26-30(24-35(49)38(50)47-43)56-39-37(36-18-11-23-58-36)44-32-15-9-10-16-33(32)45-39/h5,9-12,15-16,18-23,28-30,34-35H,2-4,6-8,13-14,17,24-26H2,1H3,(H,46,53)(H,47,50)(H,48,52)/b12-5+/t28?,30-,34-,35+,43-/m1/s1. The molecule has 0 radical (unpaired) electrons. The second-order valence-electron chi connectivity index (χ2n) is 15.9. The van der Waals surface area contributed by atoms with Gasteiger partial charge in [-0.25, -0.2) is 27.9 Å². The van der Waals surface area contributed by atoms with Gasteiger partial charge in [0.2, 0.25) is 17.7 Å². The van der Waals surface area contributed by atoms with Crippen molar-refractivity contribution in [1.29, 1.82) is 0 Å². The minimum absolute atomic E-state index is 0.0229. The first-order valence-corrected chi connectivity index (χ1v) is 22.7. The van der Waals surface area contributed by atoms with Gasteiger partial charge < -0.3 is 25.0 Å². The van der Waals surface area contributed by atoms with Crippen molar-refractivity contribution < 1.29 is 37.1 Å². The Balaban J connectivity index is 1.11. The molecule has 4 amide bonds. The number of fused-ring (bicyclic) bond motifs is 3. The number of thiophene rings is 1. The molecule has 3 fully saturated rings. The lowest BCUT2D eigenvalue weighted by molar-refractivity contribution is -0.141. The minimum atomic E-state index is -4.28. The summed E-state index contributed by atoms with van der Waals surface area (Å²) < 4.78 is 41.3. The first kappa shape index (κ1) is 40.4. The quantitative estimate of drug-likeness (QED) is 0.179. The van der Waals surface area contributed by atoms with E-state index in [0.29, 0.717) is 36.0 Å². The highest BCUT2D eigenvalue weighted by Gasteiger charge is 2.61. The number of alkyl carbamates (subject to hydrolysis) is 1. The molecule has 4 aliphatic rings. The van der Waals surface area contributed by atoms with Crippen molar-refractivity contribution in [3.05, 3.63) is 83.8 Å². The Labute approximate surface area is 347 Å². The van der Waals surface area contributed by atoms with E-state index in [1.165, 1.54) is 28.4 Å². The number of rotatable bonds is 8. The fraction of sp³-hybridized carbons (Fsp3) is 0.442. The van der Waals surface area contributed by atoms with Gasteiger partial charge in [0, 0.05) is 12.3 Å². The molecule has 2 aliphatic carbocycles. The zero-order valence-corrected chi connectivity index (χ0v) is 34.4. The Hall–Kier alpha value is -5.35. The van der Waals surface area contributed by atoms with Crippen LogP contribution in [0.4, 0.5) is 4.79 Å². The molecule has 0 spiro atoms. The highest BCUT2D eigenvalue weighted by Crippen LogP contribution is 2.46. The van der Waals surface area contributed by atoms with E-state index in [-0.39, 0.29) is 36.3 Å². The van der Waals surface area contributed by atoms with Crippen LogP contribution < -0.4 is 20.1 Å². The molecule has 2 aromatic carbocycles. The van der Waals surface area contributed by atoms with E-state index in [0.717, 1.165) is 49.0 Å². The topological polar surface area (TPSA) is 186 Å². The second kappa shape index (κ2) is 17.1. The number of hydrogen-bond acceptors (Lipinski definition) is 11. The van der Waals surface area contributed by atoms with E-state index in [1.807, 2.05) is 60.9 Å². The number of ether oxygens (including phenoxy) is 2. The summed E-state index contributed by atoms with van der Waals surface area (Å²) in [6.45, 7) is 1.79. The van der Waals surface area contributed by atoms with Crippen molar-refractivity contribution in [3.63, 3.8) is 0 Å². The molecule has 14 nitrogen and oxygen atoms in total. The number of hydrogen-bond donors (Lipinski definition) is 3. The molecule has 2 aliphatic heterocycles. The van der Waals surface area contributed by atoms with Gasteiger partial charge in [-0.15, -0.1) is 11.3 Å². The normalized spacial score (nSPS) is 25.8. The number of nitrogens with one attached hydrogen (secondary N) is 3. The van der Waals surface area contributed by atoms with Crippen LogP contribution in [0.25, 0.3) is 21.6 Å². The Morgan fingerprint density at radius 2 is 1.66 bits per heavy atom. The molecule has 1 saturated heterocycles. The van der Waals surface area contributed by atoms with Crippen LogP contribution in [0.15, 0.2) is 83.1 Å². The third kappa shape index (κ3) is 8.98. The number of aromatic nitrogens is 2. The molecule has 16 heteroatoms. The van der Waals surface area contributed by atoms with Gasteiger partial charge in [0.05, 0.1) is 27.4 Å². The van der Waals surface area contributed by atoms with Gasteiger partial charge in [-0.1, -0.05) is 60.9 Å². The summed E-state index contributed by atoms with van der Waals surface area (Å²) in [4.78, 5) is 68.5. The zero-order valence-electron chi connectivity index (χ0n) is 32.8.